The molecule has 2 aromatic rings. The second-order valence-electron chi connectivity index (χ2n) is 3.59. The first kappa shape index (κ1) is 12.4. The van der Waals surface area contributed by atoms with Crippen LogP contribution < -0.4 is 0 Å². The summed E-state index contributed by atoms with van der Waals surface area (Å²) in [5, 5.41) is 8.85. The predicted octanol–water partition coefficient (Wildman–Crippen LogP) is 2.22. The van der Waals surface area contributed by atoms with Gasteiger partial charge in [0.15, 0.2) is 0 Å². The highest BCUT2D eigenvalue weighted by atomic mass is 32.1. The molecule has 6 heteroatoms. The molecule has 0 aliphatic rings. The van der Waals surface area contributed by atoms with Crippen LogP contribution in [0.1, 0.15) is 11.4 Å². The van der Waals surface area contributed by atoms with Crippen LogP contribution in [0.4, 0.5) is 0 Å². The molecule has 0 spiro atoms. The third-order valence-electron chi connectivity index (χ3n) is 2.25. The summed E-state index contributed by atoms with van der Waals surface area (Å²) in [7, 11) is 1.59. The van der Waals surface area contributed by atoms with Gasteiger partial charge < -0.3 is 9.72 Å². The van der Waals surface area contributed by atoms with E-state index in [1.165, 1.54) is 6.20 Å². The van der Waals surface area contributed by atoms with Gasteiger partial charge in [-0.2, -0.15) is 5.26 Å². The summed E-state index contributed by atoms with van der Waals surface area (Å²) in [6.45, 7) is 0.350. The number of rotatable bonds is 3. The van der Waals surface area contributed by atoms with E-state index in [1.807, 2.05) is 6.07 Å². The van der Waals surface area contributed by atoms with Gasteiger partial charge in [0.25, 0.3) is 0 Å². The average molecular weight is 258 g/mol. The van der Waals surface area contributed by atoms with Gasteiger partial charge in [-0.15, -0.1) is 0 Å². The van der Waals surface area contributed by atoms with E-state index in [9.17, 15) is 0 Å². The topological polar surface area (TPSA) is 74.6 Å². The highest BCUT2D eigenvalue weighted by Gasteiger charge is 2.03. The maximum absolute atomic E-state index is 8.85. The Morgan fingerprint density at radius 1 is 1.44 bits per heavy atom. The van der Waals surface area contributed by atoms with E-state index < -0.39 is 0 Å². The summed E-state index contributed by atoms with van der Waals surface area (Å²) >= 11 is 5.09. The standard InChI is InChI=1S/C12H10N4OS/c1-17-7-11-15-10(3-12(18)16-11)9-2-8(4-13)5-14-6-9/h2-3,5-6H,7H2,1H3,(H,15,16,18). The van der Waals surface area contributed by atoms with Gasteiger partial charge >= 0.3 is 0 Å². The summed E-state index contributed by atoms with van der Waals surface area (Å²) in [6, 6.07) is 5.52. The minimum absolute atomic E-state index is 0.350. The zero-order valence-electron chi connectivity index (χ0n) is 9.67. The predicted molar refractivity (Wildman–Crippen MR) is 68.1 cm³/mol. The van der Waals surface area contributed by atoms with Crippen molar-refractivity contribution in [2.75, 3.05) is 7.11 Å². The molecule has 0 saturated carbocycles. The molecule has 0 radical (unpaired) electrons. The van der Waals surface area contributed by atoms with Crippen LogP contribution in [0.25, 0.3) is 11.3 Å². The second-order valence-corrected chi connectivity index (χ2v) is 4.01. The van der Waals surface area contributed by atoms with Gasteiger partial charge in [-0.05, 0) is 12.1 Å². The van der Waals surface area contributed by atoms with Crippen LogP contribution in [-0.2, 0) is 11.3 Å². The lowest BCUT2D eigenvalue weighted by atomic mass is 10.1. The molecule has 0 aliphatic carbocycles. The van der Waals surface area contributed by atoms with Gasteiger partial charge in [-0.3, -0.25) is 4.98 Å². The molecular weight excluding hydrogens is 248 g/mol. The van der Waals surface area contributed by atoms with Crippen LogP contribution in [0.5, 0.6) is 0 Å². The molecule has 0 aromatic carbocycles. The molecule has 18 heavy (non-hydrogen) atoms. The zero-order valence-corrected chi connectivity index (χ0v) is 10.5. The van der Waals surface area contributed by atoms with Gasteiger partial charge in [0.05, 0.1) is 11.3 Å². The van der Waals surface area contributed by atoms with Gasteiger partial charge in [0.2, 0.25) is 0 Å². The first-order valence-electron chi connectivity index (χ1n) is 5.17. The van der Waals surface area contributed by atoms with E-state index in [0.717, 1.165) is 11.3 Å². The van der Waals surface area contributed by atoms with E-state index in [2.05, 4.69) is 15.0 Å². The number of pyridine rings is 1. The zero-order chi connectivity index (χ0) is 13.0. The Hall–Kier alpha value is -2.10. The summed E-state index contributed by atoms with van der Waals surface area (Å²) in [6.07, 6.45) is 3.17. The fraction of sp³-hybridized carbons (Fsp3) is 0.167. The molecular formula is C12H10N4OS. The molecule has 1 N–H and O–H groups in total. The minimum atomic E-state index is 0.350. The largest absolute Gasteiger partial charge is 0.377 e. The van der Waals surface area contributed by atoms with Crippen LogP contribution in [0.3, 0.4) is 0 Å². The first-order chi connectivity index (χ1) is 8.72. The van der Waals surface area contributed by atoms with Crippen LogP contribution >= 0.6 is 12.2 Å². The summed E-state index contributed by atoms with van der Waals surface area (Å²) < 4.78 is 5.48. The SMILES string of the molecule is COCc1nc(=S)cc(-c2cncc(C#N)c2)[nH]1. The third kappa shape index (κ3) is 2.77. The summed E-state index contributed by atoms with van der Waals surface area (Å²) in [5.41, 5.74) is 2.06. The third-order valence-corrected chi connectivity index (χ3v) is 2.46. The number of aromatic nitrogens is 3. The Bertz CT molecular complexity index is 660. The number of nitrogens with one attached hydrogen (secondary N) is 1. The van der Waals surface area contributed by atoms with Crippen molar-refractivity contribution in [3.8, 4) is 17.3 Å². The highest BCUT2D eigenvalue weighted by molar-refractivity contribution is 7.71. The monoisotopic (exact) mass is 258 g/mol. The number of ether oxygens (including phenoxy) is 1. The van der Waals surface area contributed by atoms with E-state index in [1.54, 1.807) is 25.4 Å². The molecule has 2 rings (SSSR count). The van der Waals surface area contributed by atoms with Crippen molar-refractivity contribution in [2.45, 2.75) is 6.61 Å². The molecule has 5 nitrogen and oxygen atoms in total. The molecule has 0 bridgehead atoms. The molecule has 2 heterocycles. The van der Waals surface area contributed by atoms with E-state index >= 15 is 0 Å². The number of aromatic amines is 1. The Balaban J connectivity index is 2.50. The smallest absolute Gasteiger partial charge is 0.134 e. The summed E-state index contributed by atoms with van der Waals surface area (Å²) in [4.78, 5) is 11.3. The van der Waals surface area contributed by atoms with Crippen molar-refractivity contribution < 1.29 is 4.74 Å². The van der Waals surface area contributed by atoms with Crippen LogP contribution in [0, 0.1) is 16.0 Å². The Kier molecular flexibility index (Phi) is 3.77. The first-order valence-corrected chi connectivity index (χ1v) is 5.58. The average Bonchev–Trinajstić information content (AvgIpc) is 2.38. The summed E-state index contributed by atoms with van der Waals surface area (Å²) in [5.74, 6) is 0.641. The minimum Gasteiger partial charge on any atom is -0.377 e. The van der Waals surface area contributed by atoms with E-state index in [-0.39, 0.29) is 0 Å². The molecule has 0 fully saturated rings. The fourth-order valence-electron chi connectivity index (χ4n) is 1.52. The molecule has 0 atom stereocenters. The van der Waals surface area contributed by atoms with Crippen LogP contribution in [0.15, 0.2) is 24.5 Å². The fourth-order valence-corrected chi connectivity index (χ4v) is 1.75. The normalized spacial score (nSPS) is 10.0. The number of methoxy groups -OCH3 is 1. The van der Waals surface area contributed by atoms with Crippen LogP contribution in [0.2, 0.25) is 0 Å². The van der Waals surface area contributed by atoms with Crippen molar-refractivity contribution in [3.63, 3.8) is 0 Å². The lowest BCUT2D eigenvalue weighted by molar-refractivity contribution is 0.177. The van der Waals surface area contributed by atoms with Crippen molar-refractivity contribution in [1.82, 2.24) is 15.0 Å². The number of hydrogen-bond acceptors (Lipinski definition) is 5. The molecule has 90 valence electrons. The van der Waals surface area contributed by atoms with Gasteiger partial charge in [0.1, 0.15) is 23.1 Å². The molecule has 2 aromatic heterocycles. The van der Waals surface area contributed by atoms with Crippen molar-refractivity contribution in [2.24, 2.45) is 0 Å². The lowest BCUT2D eigenvalue weighted by Gasteiger charge is -2.05. The van der Waals surface area contributed by atoms with Gasteiger partial charge in [0, 0.05) is 25.1 Å². The van der Waals surface area contributed by atoms with Gasteiger partial charge in [-0.1, -0.05) is 12.2 Å². The van der Waals surface area contributed by atoms with Crippen molar-refractivity contribution in [3.05, 3.63) is 40.6 Å². The quantitative estimate of drug-likeness (QED) is 0.854. The number of H-pyrrole nitrogens is 1. The van der Waals surface area contributed by atoms with Crippen molar-refractivity contribution in [1.29, 1.82) is 5.26 Å². The second kappa shape index (κ2) is 5.49. The van der Waals surface area contributed by atoms with Crippen LogP contribution in [-0.4, -0.2) is 22.1 Å². The Labute approximate surface area is 109 Å². The Morgan fingerprint density at radius 2 is 2.28 bits per heavy atom. The molecule has 0 amide bonds. The number of nitriles is 1. The highest BCUT2D eigenvalue weighted by Crippen LogP contribution is 2.17. The molecule has 0 aliphatic heterocycles. The van der Waals surface area contributed by atoms with E-state index in [4.69, 9.17) is 22.2 Å². The lowest BCUT2D eigenvalue weighted by Crippen LogP contribution is -1.99. The molecule has 0 saturated heterocycles. The maximum atomic E-state index is 8.85. The maximum Gasteiger partial charge on any atom is 0.134 e. The number of nitrogens with zero attached hydrogens (tertiary/aromatic N) is 3. The number of hydrogen-bond donors (Lipinski definition) is 1. The molecule has 0 unspecified atom stereocenters. The Morgan fingerprint density at radius 3 is 3.00 bits per heavy atom. The van der Waals surface area contributed by atoms with Gasteiger partial charge in [-0.25, -0.2) is 4.98 Å². The van der Waals surface area contributed by atoms with Crippen molar-refractivity contribution >= 4 is 12.2 Å². The van der Waals surface area contributed by atoms with E-state index in [0.29, 0.717) is 22.6 Å².